The van der Waals surface area contributed by atoms with Crippen molar-refractivity contribution in [3.63, 3.8) is 0 Å². The lowest BCUT2D eigenvalue weighted by Crippen LogP contribution is -3.39. The molecule has 12 saturated carbocycles. The molecule has 12 aliphatic rings. The third-order valence-corrected chi connectivity index (χ3v) is 18.3. The van der Waals surface area contributed by atoms with Gasteiger partial charge in [0.2, 0.25) is 0 Å². The second-order valence-corrected chi connectivity index (χ2v) is 14.5. The number of fused-ring (bicyclic) bond motifs is 6. The van der Waals surface area contributed by atoms with Crippen LogP contribution in [-0.2, 0) is 0 Å². The van der Waals surface area contributed by atoms with Gasteiger partial charge in [-0.2, -0.15) is 0 Å². The van der Waals surface area contributed by atoms with E-state index in [0.29, 0.717) is 0 Å². The van der Waals surface area contributed by atoms with Gasteiger partial charge in [-0.3, -0.25) is 0 Å². The van der Waals surface area contributed by atoms with E-state index in [-0.39, 0.29) is 0 Å². The van der Waals surface area contributed by atoms with Crippen molar-refractivity contribution in [2.75, 3.05) is 0 Å². The van der Waals surface area contributed by atoms with Gasteiger partial charge in [0.05, 0.1) is 0 Å². The lowest BCUT2D eigenvalue weighted by atomic mass is 8.61. The lowest BCUT2D eigenvalue weighted by molar-refractivity contribution is -0.961. The third-order valence-electron chi connectivity index (χ3n) is 18.3. The molecule has 0 radical (unpaired) electrons. The molecular weight excluding hydrogens is 300 g/mol. The Labute approximate surface area is 149 Å². The van der Waals surface area contributed by atoms with Gasteiger partial charge >= 0.3 is 0 Å². The number of hydrogen-bond donors (Lipinski definition) is 0. The second-order valence-electron chi connectivity index (χ2n) is 14.5. The zero-order chi connectivity index (χ0) is 16.1. The van der Waals surface area contributed by atoms with Crippen LogP contribution < -0.4 is 0 Å². The fourth-order valence-electron chi connectivity index (χ4n) is 20.6. The molecule has 25 heavy (non-hydrogen) atoms. The minimum atomic E-state index is 0.741. The van der Waals surface area contributed by atoms with Crippen LogP contribution in [0.25, 0.3) is 0 Å². The van der Waals surface area contributed by atoms with Gasteiger partial charge in [0.1, 0.15) is 0 Å². The summed E-state index contributed by atoms with van der Waals surface area (Å²) in [6, 6.07) is 0. The summed E-state index contributed by atoms with van der Waals surface area (Å²) in [4.78, 5) is 0. The highest BCUT2D eigenvalue weighted by Gasteiger charge is 3.40. The zero-order valence-electron chi connectivity index (χ0n) is 16.1. The molecule has 0 saturated heterocycles. The molecule has 6 spiro atoms. The maximum atomic E-state index is 2.90. The van der Waals surface area contributed by atoms with Gasteiger partial charge in [0.15, 0.2) is 0 Å². The van der Waals surface area contributed by atoms with Gasteiger partial charge < -0.3 is 0 Å². The van der Waals surface area contributed by atoms with Crippen LogP contribution in [0.3, 0.4) is 0 Å². The Bertz CT molecular complexity index is 868. The van der Waals surface area contributed by atoms with Gasteiger partial charge in [-0.15, -0.1) is 0 Å². The van der Waals surface area contributed by atoms with Crippen LogP contribution in [0.15, 0.2) is 0 Å². The molecule has 128 valence electrons. The first-order valence-corrected chi connectivity index (χ1v) is 11.9. The van der Waals surface area contributed by atoms with E-state index in [4.69, 9.17) is 0 Å². The quantitative estimate of drug-likeness (QED) is 0.616. The first-order valence-electron chi connectivity index (χ1n) is 11.9. The van der Waals surface area contributed by atoms with Crippen LogP contribution in [0.5, 0.6) is 0 Å². The predicted octanol–water partition coefficient (Wildman–Crippen LogP) is 4.45. The molecule has 14 unspecified atom stereocenters. The highest BCUT2D eigenvalue weighted by Crippen LogP contribution is 3.42. The maximum Gasteiger partial charge on any atom is -0.00207 e. The van der Waals surface area contributed by atoms with Crippen molar-refractivity contribution in [1.82, 2.24) is 0 Å². The molecular formula is C25H28. The highest BCUT2D eigenvalue weighted by molar-refractivity contribution is 5.85. The van der Waals surface area contributed by atoms with E-state index in [9.17, 15) is 0 Å². The zero-order valence-corrected chi connectivity index (χ0v) is 16.1. The molecule has 14 atom stereocenters. The molecule has 0 nitrogen and oxygen atoms in total. The van der Waals surface area contributed by atoms with E-state index in [1.807, 2.05) is 0 Å². The predicted molar refractivity (Wildman–Crippen MR) is 90.9 cm³/mol. The van der Waals surface area contributed by atoms with E-state index in [2.05, 4.69) is 34.6 Å². The van der Waals surface area contributed by atoms with Gasteiger partial charge in [-0.25, -0.2) is 0 Å². The maximum absolute atomic E-state index is 2.90. The second kappa shape index (κ2) is 1.84. The molecule has 0 amide bonds. The average Bonchev–Trinajstić information content (AvgIpc) is 2.53. The van der Waals surface area contributed by atoms with Crippen molar-refractivity contribution < 1.29 is 0 Å². The van der Waals surface area contributed by atoms with Crippen molar-refractivity contribution >= 4 is 0 Å². The summed E-state index contributed by atoms with van der Waals surface area (Å²) in [6.07, 6.45) is 3.40. The fraction of sp³-hybridized carbons (Fsp3) is 1.00. The monoisotopic (exact) mass is 328 g/mol. The Morgan fingerprint density at radius 2 is 1.04 bits per heavy atom. The summed E-state index contributed by atoms with van der Waals surface area (Å²) in [5, 5.41) is 0. The van der Waals surface area contributed by atoms with E-state index in [1.54, 1.807) is 12.8 Å². The van der Waals surface area contributed by atoms with E-state index < -0.39 is 0 Å². The van der Waals surface area contributed by atoms with Gasteiger partial charge in [-0.1, -0.05) is 34.6 Å². The Hall–Kier alpha value is 0. The molecule has 0 aromatic heterocycles. The van der Waals surface area contributed by atoms with Gasteiger partial charge in [0, 0.05) is 0 Å². The summed E-state index contributed by atoms with van der Waals surface area (Å²) in [6.45, 7) is 14.0. The van der Waals surface area contributed by atoms with Crippen LogP contribution in [0, 0.1) is 102 Å². The Morgan fingerprint density at radius 1 is 0.600 bits per heavy atom. The van der Waals surface area contributed by atoms with Crippen molar-refractivity contribution in [3.05, 3.63) is 0 Å². The van der Waals surface area contributed by atoms with Crippen LogP contribution in [-0.4, -0.2) is 0 Å². The fourth-order valence-corrected chi connectivity index (χ4v) is 20.6. The summed E-state index contributed by atoms with van der Waals surface area (Å²) in [5.74, 6) is 10.8. The molecule has 0 aliphatic heterocycles. The average molecular weight is 328 g/mol. The lowest BCUT2D eigenvalue weighted by Gasteiger charge is -3.41. The largest absolute Gasteiger partial charge is 0.0616 e. The van der Waals surface area contributed by atoms with Crippen LogP contribution in [0.2, 0.25) is 0 Å². The Kier molecular flexibility index (Phi) is 0.819. The van der Waals surface area contributed by atoms with E-state index in [1.165, 1.54) is 41.4 Å². The van der Waals surface area contributed by atoms with Crippen LogP contribution >= 0.6 is 0 Å². The van der Waals surface area contributed by atoms with Crippen molar-refractivity contribution in [2.45, 2.75) is 47.5 Å². The molecule has 0 aromatic rings. The normalized spacial score (nSPS) is 111. The first kappa shape index (κ1) is 11.1. The topological polar surface area (TPSA) is 0 Å². The molecule has 0 bridgehead atoms. The standard InChI is InChI=1S/C25H28/c1-8-14-10-6-12-16-13-7-11-15-9(2)18(4)19(5)17(8,3)22(14)20(10,12)24(16)21(11,13)23(15,18)25(19,22)24/h8-16H,6-7H2,1-5H3. The minimum Gasteiger partial charge on any atom is -0.0616 e. The molecule has 12 rings (SSSR count). The smallest absolute Gasteiger partial charge is 0.00207 e. The van der Waals surface area contributed by atoms with Crippen LogP contribution in [0.4, 0.5) is 0 Å². The van der Waals surface area contributed by atoms with Crippen molar-refractivity contribution in [1.29, 1.82) is 0 Å². The molecule has 0 aromatic carbocycles. The Balaban J connectivity index is 1.32. The number of rotatable bonds is 0. The summed E-state index contributed by atoms with van der Waals surface area (Å²) in [5.41, 5.74) is 8.00. The first-order chi connectivity index (χ1) is 11.9. The molecule has 0 heteroatoms. The molecule has 12 aliphatic carbocycles. The van der Waals surface area contributed by atoms with Gasteiger partial charge in [-0.05, 0) is 115 Å². The van der Waals surface area contributed by atoms with Crippen LogP contribution in [0.1, 0.15) is 47.5 Å². The Morgan fingerprint density at radius 3 is 1.52 bits per heavy atom. The summed E-state index contributed by atoms with van der Waals surface area (Å²) in [7, 11) is 0. The summed E-state index contributed by atoms with van der Waals surface area (Å²) < 4.78 is 0. The van der Waals surface area contributed by atoms with Gasteiger partial charge in [0.25, 0.3) is 0 Å². The van der Waals surface area contributed by atoms with E-state index >= 15 is 0 Å². The molecule has 0 heterocycles. The van der Waals surface area contributed by atoms with E-state index in [0.717, 1.165) is 60.6 Å². The van der Waals surface area contributed by atoms with Crippen molar-refractivity contribution in [2.24, 2.45) is 102 Å². The van der Waals surface area contributed by atoms with Crippen molar-refractivity contribution in [3.8, 4) is 0 Å². The highest BCUT2D eigenvalue weighted by atomic mass is 15.4. The SMILES string of the molecule is CC1C2C3CC4C5C6CC7C8C(C)C9(C)C%10(C)C1(C)C21C34C52C76C89C%1012. The third kappa shape index (κ3) is 0.309. The molecule has 12 fully saturated rings. The summed E-state index contributed by atoms with van der Waals surface area (Å²) >= 11 is 0. The molecule has 0 N–H and O–H groups in total. The minimum absolute atomic E-state index is 0.741. The number of hydrogen-bond acceptors (Lipinski definition) is 0.